The van der Waals surface area contributed by atoms with Gasteiger partial charge in [0.2, 0.25) is 5.91 Å². The lowest BCUT2D eigenvalue weighted by Crippen LogP contribution is -2.42. The Hall–Kier alpha value is -1.89. The SMILES string of the molecule is O=C(CC1CCS(=O)(=O)C1)NNC(=O)c1ccc2c(c1)CCCC2. The van der Waals surface area contributed by atoms with E-state index in [-0.39, 0.29) is 35.7 Å². The monoisotopic (exact) mass is 350 g/mol. The number of aryl methyl sites for hydroxylation is 2. The minimum absolute atomic E-state index is 0.0548. The summed E-state index contributed by atoms with van der Waals surface area (Å²) >= 11 is 0. The highest BCUT2D eigenvalue weighted by Crippen LogP contribution is 2.22. The molecule has 1 aliphatic heterocycles. The molecule has 1 aliphatic carbocycles. The minimum Gasteiger partial charge on any atom is -0.273 e. The molecule has 6 nitrogen and oxygen atoms in total. The predicted octanol–water partition coefficient (Wildman–Crippen LogP) is 1.15. The van der Waals surface area contributed by atoms with Gasteiger partial charge in [0.1, 0.15) is 0 Å². The van der Waals surface area contributed by atoms with Gasteiger partial charge in [0.15, 0.2) is 9.84 Å². The molecule has 0 aromatic heterocycles. The van der Waals surface area contributed by atoms with Gasteiger partial charge in [0.05, 0.1) is 11.5 Å². The molecule has 2 aliphatic rings. The molecule has 1 aromatic carbocycles. The van der Waals surface area contributed by atoms with E-state index in [0.717, 1.165) is 19.3 Å². The largest absolute Gasteiger partial charge is 0.273 e. The number of carbonyl (C=O) groups is 2. The highest BCUT2D eigenvalue weighted by Gasteiger charge is 2.29. The van der Waals surface area contributed by atoms with Crippen LogP contribution in [-0.2, 0) is 27.5 Å². The lowest BCUT2D eigenvalue weighted by atomic mass is 9.90. The lowest BCUT2D eigenvalue weighted by molar-refractivity contribution is -0.122. The average molecular weight is 350 g/mol. The van der Waals surface area contributed by atoms with Crippen LogP contribution in [0.3, 0.4) is 0 Å². The maximum atomic E-state index is 12.2. The molecule has 0 spiro atoms. The van der Waals surface area contributed by atoms with E-state index in [1.165, 1.54) is 17.5 Å². The molecule has 1 unspecified atom stereocenters. The standard InChI is InChI=1S/C17H22N2O4S/c20-16(9-12-7-8-24(22,23)11-12)18-19-17(21)15-6-5-13-3-1-2-4-14(13)10-15/h5-6,10,12H,1-4,7-9,11H2,(H,18,20)(H,19,21). The summed E-state index contributed by atoms with van der Waals surface area (Å²) < 4.78 is 22.8. The number of rotatable bonds is 3. The third-order valence-corrected chi connectivity index (χ3v) is 6.56. The Kier molecular flexibility index (Phi) is 4.89. The number of hydrazine groups is 1. The van der Waals surface area contributed by atoms with Crippen molar-refractivity contribution < 1.29 is 18.0 Å². The Balaban J connectivity index is 1.51. The molecule has 7 heteroatoms. The first-order valence-corrected chi connectivity index (χ1v) is 10.2. The Bertz CT molecular complexity index is 758. The van der Waals surface area contributed by atoms with Crippen molar-refractivity contribution in [3.05, 3.63) is 34.9 Å². The van der Waals surface area contributed by atoms with Crippen molar-refractivity contribution in [3.8, 4) is 0 Å². The molecule has 1 aromatic rings. The van der Waals surface area contributed by atoms with Crippen LogP contribution in [0.5, 0.6) is 0 Å². The van der Waals surface area contributed by atoms with E-state index in [1.54, 1.807) is 6.07 Å². The van der Waals surface area contributed by atoms with Crippen LogP contribution in [0.15, 0.2) is 18.2 Å². The molecule has 24 heavy (non-hydrogen) atoms. The van der Waals surface area contributed by atoms with Crippen LogP contribution in [0.2, 0.25) is 0 Å². The van der Waals surface area contributed by atoms with Crippen LogP contribution in [0.4, 0.5) is 0 Å². The molecule has 2 N–H and O–H groups in total. The molecule has 1 atom stereocenters. The van der Waals surface area contributed by atoms with Crippen LogP contribution < -0.4 is 10.9 Å². The van der Waals surface area contributed by atoms with Gasteiger partial charge in [-0.15, -0.1) is 0 Å². The normalized spacial score (nSPS) is 21.8. The summed E-state index contributed by atoms with van der Waals surface area (Å²) in [5.41, 5.74) is 7.82. The quantitative estimate of drug-likeness (QED) is 0.800. The number of benzene rings is 1. The lowest BCUT2D eigenvalue weighted by Gasteiger charge is -2.16. The van der Waals surface area contributed by atoms with E-state index in [9.17, 15) is 18.0 Å². The number of fused-ring (bicyclic) bond motifs is 1. The van der Waals surface area contributed by atoms with Crippen LogP contribution in [0, 0.1) is 5.92 Å². The van der Waals surface area contributed by atoms with Gasteiger partial charge in [-0.05, 0) is 61.3 Å². The summed E-state index contributed by atoms with van der Waals surface area (Å²) in [5.74, 6) is -0.666. The maximum absolute atomic E-state index is 12.2. The zero-order valence-corrected chi connectivity index (χ0v) is 14.3. The second-order valence-corrected chi connectivity index (χ2v) is 8.89. The van der Waals surface area contributed by atoms with E-state index >= 15 is 0 Å². The molecule has 2 amide bonds. The maximum Gasteiger partial charge on any atom is 0.269 e. The minimum atomic E-state index is -2.99. The molecule has 1 heterocycles. The fourth-order valence-corrected chi connectivity index (χ4v) is 5.28. The molecule has 1 saturated heterocycles. The van der Waals surface area contributed by atoms with Gasteiger partial charge < -0.3 is 0 Å². The highest BCUT2D eigenvalue weighted by molar-refractivity contribution is 7.91. The highest BCUT2D eigenvalue weighted by atomic mass is 32.2. The van der Waals surface area contributed by atoms with Crippen LogP contribution in [0.25, 0.3) is 0 Å². The zero-order chi connectivity index (χ0) is 17.2. The van der Waals surface area contributed by atoms with Crippen LogP contribution in [0.1, 0.15) is 47.2 Å². The van der Waals surface area contributed by atoms with Crippen molar-refractivity contribution >= 4 is 21.7 Å². The number of hydrogen-bond donors (Lipinski definition) is 2. The summed E-state index contributed by atoms with van der Waals surface area (Å²) in [5, 5.41) is 0. The Morgan fingerprint density at radius 1 is 1.08 bits per heavy atom. The molecule has 3 rings (SSSR count). The van der Waals surface area contributed by atoms with Crippen molar-refractivity contribution in [2.75, 3.05) is 11.5 Å². The van der Waals surface area contributed by atoms with Gasteiger partial charge in [-0.3, -0.25) is 20.4 Å². The molecule has 1 fully saturated rings. The second kappa shape index (κ2) is 6.93. The third-order valence-electron chi connectivity index (χ3n) is 4.73. The summed E-state index contributed by atoms with van der Waals surface area (Å²) in [6.45, 7) is 0. The molecule has 130 valence electrons. The van der Waals surface area contributed by atoms with E-state index in [2.05, 4.69) is 10.9 Å². The third kappa shape index (κ3) is 4.14. The summed E-state index contributed by atoms with van der Waals surface area (Å²) in [4.78, 5) is 24.0. The van der Waals surface area contributed by atoms with Crippen molar-refractivity contribution in [2.45, 2.75) is 38.5 Å². The van der Waals surface area contributed by atoms with Crippen molar-refractivity contribution in [2.24, 2.45) is 5.92 Å². The second-order valence-electron chi connectivity index (χ2n) is 6.67. The van der Waals surface area contributed by atoms with Crippen molar-refractivity contribution in [1.29, 1.82) is 0 Å². The van der Waals surface area contributed by atoms with Gasteiger partial charge in [-0.2, -0.15) is 0 Å². The Labute approximate surface area is 141 Å². The number of hydrogen-bond acceptors (Lipinski definition) is 4. The number of amides is 2. The fourth-order valence-electron chi connectivity index (χ4n) is 3.42. The summed E-state index contributed by atoms with van der Waals surface area (Å²) in [6.07, 6.45) is 4.99. The molecular weight excluding hydrogens is 328 g/mol. The summed E-state index contributed by atoms with van der Waals surface area (Å²) in [6, 6.07) is 5.64. The van der Waals surface area contributed by atoms with Crippen LogP contribution >= 0.6 is 0 Å². The number of carbonyl (C=O) groups excluding carboxylic acids is 2. The first kappa shape index (κ1) is 17.0. The van der Waals surface area contributed by atoms with E-state index in [1.807, 2.05) is 12.1 Å². The van der Waals surface area contributed by atoms with E-state index in [0.29, 0.717) is 12.0 Å². The van der Waals surface area contributed by atoms with Crippen LogP contribution in [-0.4, -0.2) is 31.7 Å². The predicted molar refractivity (Wildman–Crippen MR) is 90.1 cm³/mol. The van der Waals surface area contributed by atoms with Crippen molar-refractivity contribution in [3.63, 3.8) is 0 Å². The van der Waals surface area contributed by atoms with Gasteiger partial charge in [0.25, 0.3) is 5.91 Å². The first-order valence-electron chi connectivity index (χ1n) is 8.34. The van der Waals surface area contributed by atoms with Gasteiger partial charge in [-0.25, -0.2) is 8.42 Å². The Morgan fingerprint density at radius 2 is 1.83 bits per heavy atom. The van der Waals surface area contributed by atoms with Gasteiger partial charge in [0, 0.05) is 12.0 Å². The molecule has 0 saturated carbocycles. The molecule has 0 bridgehead atoms. The topological polar surface area (TPSA) is 92.3 Å². The van der Waals surface area contributed by atoms with E-state index in [4.69, 9.17) is 0 Å². The average Bonchev–Trinajstić information content (AvgIpc) is 2.90. The fraction of sp³-hybridized carbons (Fsp3) is 0.529. The molecular formula is C17H22N2O4S. The molecule has 0 radical (unpaired) electrons. The number of nitrogens with one attached hydrogen (secondary N) is 2. The zero-order valence-electron chi connectivity index (χ0n) is 13.5. The Morgan fingerprint density at radius 3 is 2.54 bits per heavy atom. The first-order chi connectivity index (χ1) is 11.4. The van der Waals surface area contributed by atoms with Gasteiger partial charge >= 0.3 is 0 Å². The summed E-state index contributed by atoms with van der Waals surface area (Å²) in [7, 11) is -2.99. The number of sulfone groups is 1. The van der Waals surface area contributed by atoms with E-state index < -0.39 is 9.84 Å². The smallest absolute Gasteiger partial charge is 0.269 e. The van der Waals surface area contributed by atoms with Gasteiger partial charge in [-0.1, -0.05) is 6.07 Å². The van der Waals surface area contributed by atoms with Crippen molar-refractivity contribution in [1.82, 2.24) is 10.9 Å².